The summed E-state index contributed by atoms with van der Waals surface area (Å²) in [6.07, 6.45) is 1.66. The van der Waals surface area contributed by atoms with E-state index >= 15 is 0 Å². The van der Waals surface area contributed by atoms with Gasteiger partial charge in [-0.25, -0.2) is 0 Å². The first-order valence-corrected chi connectivity index (χ1v) is 8.66. The Morgan fingerprint density at radius 1 is 1.29 bits per heavy atom. The van der Waals surface area contributed by atoms with Gasteiger partial charge in [0.05, 0.1) is 24.8 Å². The molecular weight excluding hydrogens is 322 g/mol. The molecule has 0 bridgehead atoms. The Morgan fingerprint density at radius 3 is 2.83 bits per heavy atom. The third-order valence-electron chi connectivity index (χ3n) is 4.07. The van der Waals surface area contributed by atoms with E-state index in [0.29, 0.717) is 24.9 Å². The normalized spacial score (nSPS) is 10.9. The molecular formula is C18H19N3O2S. The van der Waals surface area contributed by atoms with E-state index in [0.717, 1.165) is 5.52 Å². The number of rotatable bonds is 5. The molecule has 0 N–H and O–H groups in total. The average Bonchev–Trinajstić information content (AvgIpc) is 2.99. The fourth-order valence-electron chi connectivity index (χ4n) is 2.60. The van der Waals surface area contributed by atoms with Crippen molar-refractivity contribution in [2.45, 2.75) is 26.4 Å². The lowest BCUT2D eigenvalue weighted by Gasteiger charge is -2.17. The van der Waals surface area contributed by atoms with Gasteiger partial charge in [-0.3, -0.25) is 14.3 Å². The molecule has 3 rings (SSSR count). The Morgan fingerprint density at radius 2 is 2.08 bits per heavy atom. The summed E-state index contributed by atoms with van der Waals surface area (Å²) in [7, 11) is 1.82. The van der Waals surface area contributed by atoms with Crippen LogP contribution >= 0.6 is 11.3 Å². The molecule has 0 aliphatic rings. The smallest absolute Gasteiger partial charge is 0.224 e. The highest BCUT2D eigenvalue weighted by Gasteiger charge is 2.12. The van der Waals surface area contributed by atoms with Gasteiger partial charge in [0, 0.05) is 23.7 Å². The molecule has 3 aromatic rings. The molecule has 5 nitrogen and oxygen atoms in total. The molecule has 0 aliphatic carbocycles. The zero-order valence-corrected chi connectivity index (χ0v) is 14.5. The molecule has 1 aromatic carbocycles. The second kappa shape index (κ2) is 6.97. The quantitative estimate of drug-likeness (QED) is 0.717. The maximum atomic E-state index is 12.4. The molecule has 0 radical (unpaired) electrons. The number of aryl methyl sites for hydroxylation is 2. The van der Waals surface area contributed by atoms with E-state index in [2.05, 4.69) is 18.1 Å². The number of fused-ring (bicyclic) bond motifs is 1. The van der Waals surface area contributed by atoms with Gasteiger partial charge in [-0.1, -0.05) is 12.1 Å². The van der Waals surface area contributed by atoms with Crippen LogP contribution in [-0.4, -0.2) is 27.6 Å². The lowest BCUT2D eigenvalue weighted by molar-refractivity contribution is -0.130. The highest BCUT2D eigenvalue weighted by atomic mass is 32.1. The number of carbonyl (C=O) groups excluding carboxylic acids is 1. The van der Waals surface area contributed by atoms with Gasteiger partial charge in [0.15, 0.2) is 0 Å². The second-order valence-electron chi connectivity index (χ2n) is 5.78. The molecule has 6 heteroatoms. The standard InChI is InChI=1S/C18H19N3O2S/c1-13-8-10-24-17(13)12-20(2)18(23)7-9-21-15-6-4-3-5-14(15)16(22)11-19-21/h3-6,8,10-11H,7,9,12H2,1-2H3. The van der Waals surface area contributed by atoms with Crippen LogP contribution in [0.2, 0.25) is 0 Å². The Bertz CT molecular complexity index is 929. The van der Waals surface area contributed by atoms with Gasteiger partial charge in [0.1, 0.15) is 0 Å². The minimum Gasteiger partial charge on any atom is -0.341 e. The van der Waals surface area contributed by atoms with E-state index in [1.165, 1.54) is 16.6 Å². The van der Waals surface area contributed by atoms with Crippen LogP contribution in [0.5, 0.6) is 0 Å². The second-order valence-corrected chi connectivity index (χ2v) is 6.78. The summed E-state index contributed by atoms with van der Waals surface area (Å²) >= 11 is 1.67. The minimum atomic E-state index is -0.0986. The molecule has 0 saturated carbocycles. The van der Waals surface area contributed by atoms with Crippen LogP contribution in [-0.2, 0) is 17.9 Å². The summed E-state index contributed by atoms with van der Waals surface area (Å²) < 4.78 is 1.72. The largest absolute Gasteiger partial charge is 0.341 e. The van der Waals surface area contributed by atoms with E-state index in [9.17, 15) is 9.59 Å². The Balaban J connectivity index is 1.69. The van der Waals surface area contributed by atoms with Gasteiger partial charge in [0.25, 0.3) is 0 Å². The molecule has 2 aromatic heterocycles. The molecule has 0 spiro atoms. The maximum Gasteiger partial charge on any atom is 0.224 e. The summed E-state index contributed by atoms with van der Waals surface area (Å²) in [5.41, 5.74) is 1.88. The number of aromatic nitrogens is 2. The van der Waals surface area contributed by atoms with Crippen LogP contribution in [0.1, 0.15) is 16.9 Å². The zero-order chi connectivity index (χ0) is 17.1. The average molecular weight is 341 g/mol. The summed E-state index contributed by atoms with van der Waals surface area (Å²) in [6.45, 7) is 3.13. The van der Waals surface area contributed by atoms with Crippen LogP contribution in [0.15, 0.2) is 46.7 Å². The number of benzene rings is 1. The van der Waals surface area contributed by atoms with E-state index in [1.807, 2.05) is 30.6 Å². The number of para-hydroxylation sites is 1. The number of amides is 1. The fourth-order valence-corrected chi connectivity index (χ4v) is 3.56. The van der Waals surface area contributed by atoms with Gasteiger partial charge >= 0.3 is 0 Å². The first-order chi connectivity index (χ1) is 11.6. The van der Waals surface area contributed by atoms with Crippen molar-refractivity contribution >= 4 is 28.1 Å². The Labute approximate surface area is 144 Å². The van der Waals surface area contributed by atoms with E-state index in [4.69, 9.17) is 0 Å². The van der Waals surface area contributed by atoms with Crippen LogP contribution in [0.25, 0.3) is 10.9 Å². The number of hydrogen-bond acceptors (Lipinski definition) is 4. The Hall–Kier alpha value is -2.47. The topological polar surface area (TPSA) is 55.2 Å². The monoisotopic (exact) mass is 341 g/mol. The predicted octanol–water partition coefficient (Wildman–Crippen LogP) is 2.82. The van der Waals surface area contributed by atoms with Gasteiger partial charge in [0.2, 0.25) is 11.3 Å². The number of hydrogen-bond donors (Lipinski definition) is 0. The zero-order valence-electron chi connectivity index (χ0n) is 13.7. The van der Waals surface area contributed by atoms with Crippen LogP contribution < -0.4 is 5.43 Å². The molecule has 0 unspecified atom stereocenters. The van der Waals surface area contributed by atoms with Gasteiger partial charge in [-0.2, -0.15) is 5.10 Å². The lowest BCUT2D eigenvalue weighted by atomic mass is 10.2. The molecule has 0 atom stereocenters. The lowest BCUT2D eigenvalue weighted by Crippen LogP contribution is -2.27. The molecule has 124 valence electrons. The molecule has 0 saturated heterocycles. The van der Waals surface area contributed by atoms with E-state index in [-0.39, 0.29) is 11.3 Å². The Kier molecular flexibility index (Phi) is 4.76. The first kappa shape index (κ1) is 16.4. The van der Waals surface area contributed by atoms with E-state index in [1.54, 1.807) is 27.0 Å². The molecule has 2 heterocycles. The maximum absolute atomic E-state index is 12.4. The van der Waals surface area contributed by atoms with Crippen molar-refractivity contribution < 1.29 is 4.79 Å². The predicted molar refractivity (Wildman–Crippen MR) is 96.2 cm³/mol. The molecule has 0 aliphatic heterocycles. The highest BCUT2D eigenvalue weighted by molar-refractivity contribution is 7.10. The molecule has 0 fully saturated rings. The van der Waals surface area contributed by atoms with Crippen LogP contribution in [0, 0.1) is 6.92 Å². The van der Waals surface area contributed by atoms with Crippen molar-refractivity contribution in [3.05, 3.63) is 62.6 Å². The molecule has 24 heavy (non-hydrogen) atoms. The van der Waals surface area contributed by atoms with Crippen molar-refractivity contribution in [3.8, 4) is 0 Å². The minimum absolute atomic E-state index is 0.0624. The van der Waals surface area contributed by atoms with Gasteiger partial charge < -0.3 is 4.90 Å². The highest BCUT2D eigenvalue weighted by Crippen LogP contribution is 2.17. The molecule has 1 amide bonds. The summed E-state index contributed by atoms with van der Waals surface area (Å²) in [5, 5.41) is 6.83. The van der Waals surface area contributed by atoms with Crippen molar-refractivity contribution in [3.63, 3.8) is 0 Å². The van der Waals surface area contributed by atoms with Gasteiger partial charge in [-0.05, 0) is 36.1 Å². The van der Waals surface area contributed by atoms with Gasteiger partial charge in [-0.15, -0.1) is 11.3 Å². The van der Waals surface area contributed by atoms with E-state index < -0.39 is 0 Å². The SMILES string of the molecule is Cc1ccsc1CN(C)C(=O)CCn1ncc(=O)c2ccccc21. The summed E-state index contributed by atoms with van der Waals surface area (Å²) in [4.78, 5) is 27.2. The van der Waals surface area contributed by atoms with Crippen LogP contribution in [0.3, 0.4) is 0 Å². The van der Waals surface area contributed by atoms with Crippen molar-refractivity contribution in [2.75, 3.05) is 7.05 Å². The third-order valence-corrected chi connectivity index (χ3v) is 5.08. The van der Waals surface area contributed by atoms with Crippen molar-refractivity contribution in [2.24, 2.45) is 0 Å². The number of thiophene rings is 1. The van der Waals surface area contributed by atoms with Crippen molar-refractivity contribution in [1.82, 2.24) is 14.7 Å². The fraction of sp³-hybridized carbons (Fsp3) is 0.278. The third kappa shape index (κ3) is 3.38. The van der Waals surface area contributed by atoms with Crippen molar-refractivity contribution in [1.29, 1.82) is 0 Å². The summed E-state index contributed by atoms with van der Waals surface area (Å²) in [5.74, 6) is 0.0624. The van der Waals surface area contributed by atoms with Crippen LogP contribution in [0.4, 0.5) is 0 Å². The number of nitrogens with zero attached hydrogens (tertiary/aromatic N) is 3. The summed E-state index contributed by atoms with van der Waals surface area (Å²) in [6, 6.07) is 9.40. The first-order valence-electron chi connectivity index (χ1n) is 7.78. The number of carbonyl (C=O) groups is 1.